The highest BCUT2D eigenvalue weighted by molar-refractivity contribution is 5.02. The molecule has 0 bridgehead atoms. The Morgan fingerprint density at radius 3 is 2.42 bits per heavy atom. The lowest BCUT2D eigenvalue weighted by Gasteiger charge is -2.52. The average molecular weight is 270 g/mol. The highest BCUT2D eigenvalue weighted by Crippen LogP contribution is 2.42. The Morgan fingerprint density at radius 1 is 1.37 bits per heavy atom. The lowest BCUT2D eigenvalue weighted by molar-refractivity contribution is -0.114. The number of nitrogens with one attached hydrogen (secondary N) is 1. The van der Waals surface area contributed by atoms with Crippen molar-refractivity contribution in [1.82, 2.24) is 5.32 Å². The van der Waals surface area contributed by atoms with Gasteiger partial charge in [-0.1, -0.05) is 34.6 Å². The molecule has 1 rings (SSSR count). The summed E-state index contributed by atoms with van der Waals surface area (Å²) in [5, 5.41) is 3.71. The first-order valence-electron chi connectivity index (χ1n) is 7.75. The molecule has 3 nitrogen and oxygen atoms in total. The average Bonchev–Trinajstić information content (AvgIpc) is 2.29. The second-order valence-corrected chi connectivity index (χ2v) is 7.83. The summed E-state index contributed by atoms with van der Waals surface area (Å²) in [6.45, 7) is 16.1. The summed E-state index contributed by atoms with van der Waals surface area (Å²) in [6.07, 6.45) is 2.72. The Bertz CT molecular complexity index is 270. The normalized spacial score (nSPS) is 27.9. The van der Waals surface area contributed by atoms with Crippen LogP contribution in [0.2, 0.25) is 0 Å². The smallest absolute Gasteiger partial charge is 0.0655 e. The van der Waals surface area contributed by atoms with Crippen molar-refractivity contribution < 1.29 is 4.74 Å². The number of rotatable bonds is 7. The predicted octanol–water partition coefficient (Wildman–Crippen LogP) is 2.79. The van der Waals surface area contributed by atoms with Crippen molar-refractivity contribution in [3.8, 4) is 0 Å². The van der Waals surface area contributed by atoms with Gasteiger partial charge in [-0.15, -0.1) is 0 Å². The summed E-state index contributed by atoms with van der Waals surface area (Å²) in [4.78, 5) is 0. The lowest BCUT2D eigenvalue weighted by Crippen LogP contribution is -2.61. The minimum Gasteiger partial charge on any atom is -0.378 e. The molecule has 0 aromatic heterocycles. The summed E-state index contributed by atoms with van der Waals surface area (Å²) in [6, 6.07) is 0.568. The zero-order valence-corrected chi connectivity index (χ0v) is 13.8. The van der Waals surface area contributed by atoms with E-state index in [-0.39, 0.29) is 5.41 Å². The highest BCUT2D eigenvalue weighted by Gasteiger charge is 2.48. The molecule has 1 aliphatic rings. The minimum absolute atomic E-state index is 0.247. The second-order valence-electron chi connectivity index (χ2n) is 7.83. The van der Waals surface area contributed by atoms with E-state index < -0.39 is 0 Å². The molecule has 3 N–H and O–H groups in total. The van der Waals surface area contributed by atoms with Crippen molar-refractivity contribution in [2.45, 2.75) is 66.5 Å². The van der Waals surface area contributed by atoms with E-state index in [4.69, 9.17) is 10.5 Å². The van der Waals surface area contributed by atoms with E-state index in [0.717, 1.165) is 26.1 Å². The van der Waals surface area contributed by atoms with Crippen LogP contribution in [0.3, 0.4) is 0 Å². The Hall–Kier alpha value is -0.120. The molecule has 114 valence electrons. The van der Waals surface area contributed by atoms with Crippen LogP contribution < -0.4 is 11.1 Å². The Morgan fingerprint density at radius 2 is 2.00 bits per heavy atom. The zero-order chi connectivity index (χ0) is 14.7. The van der Waals surface area contributed by atoms with Gasteiger partial charge in [-0.05, 0) is 44.2 Å². The molecule has 1 saturated carbocycles. The molecule has 3 unspecified atom stereocenters. The van der Waals surface area contributed by atoms with Crippen LogP contribution in [0.4, 0.5) is 0 Å². The Labute approximate surface area is 119 Å². The van der Waals surface area contributed by atoms with Gasteiger partial charge in [0, 0.05) is 18.1 Å². The summed E-state index contributed by atoms with van der Waals surface area (Å²) in [7, 11) is 0. The van der Waals surface area contributed by atoms with Gasteiger partial charge in [-0.3, -0.25) is 0 Å². The molecule has 0 spiro atoms. The lowest BCUT2D eigenvalue weighted by atomic mass is 9.64. The number of hydrogen-bond acceptors (Lipinski definition) is 3. The molecule has 1 aliphatic carbocycles. The molecule has 0 radical (unpaired) electrons. The maximum absolute atomic E-state index is 5.90. The first kappa shape index (κ1) is 16.9. The molecule has 3 heteroatoms. The quantitative estimate of drug-likeness (QED) is 0.748. The first-order valence-corrected chi connectivity index (χ1v) is 7.75. The van der Waals surface area contributed by atoms with Gasteiger partial charge in [-0.25, -0.2) is 0 Å². The number of hydrogen-bond donors (Lipinski definition) is 2. The van der Waals surface area contributed by atoms with Crippen LogP contribution in [-0.4, -0.2) is 31.8 Å². The standard InChI is InChI=1S/C16H34N2O/c1-7-19-14-8-13(16(14,5)6)18-11-12(10-17)9-15(2,3)4/h12-14,18H,7-11,17H2,1-6H3. The van der Waals surface area contributed by atoms with Crippen LogP contribution in [0.25, 0.3) is 0 Å². The second kappa shape index (κ2) is 6.55. The predicted molar refractivity (Wildman–Crippen MR) is 82.2 cm³/mol. The SMILES string of the molecule is CCOC1CC(NCC(CN)CC(C)(C)C)C1(C)C. The van der Waals surface area contributed by atoms with Crippen molar-refractivity contribution in [2.24, 2.45) is 22.5 Å². The van der Waals surface area contributed by atoms with Crippen LogP contribution in [0.1, 0.15) is 54.4 Å². The van der Waals surface area contributed by atoms with E-state index in [2.05, 4.69) is 46.9 Å². The summed E-state index contributed by atoms with van der Waals surface area (Å²) in [5.74, 6) is 0.571. The zero-order valence-electron chi connectivity index (χ0n) is 13.8. The maximum Gasteiger partial charge on any atom is 0.0655 e. The van der Waals surface area contributed by atoms with E-state index >= 15 is 0 Å². The van der Waals surface area contributed by atoms with Crippen LogP contribution in [-0.2, 0) is 4.74 Å². The molecule has 0 saturated heterocycles. The topological polar surface area (TPSA) is 47.3 Å². The first-order chi connectivity index (χ1) is 8.70. The number of ether oxygens (including phenoxy) is 1. The van der Waals surface area contributed by atoms with Crippen LogP contribution >= 0.6 is 0 Å². The summed E-state index contributed by atoms with van der Waals surface area (Å²) < 4.78 is 5.77. The molecular formula is C16H34N2O. The molecule has 0 amide bonds. The molecular weight excluding hydrogens is 236 g/mol. The fourth-order valence-electron chi connectivity index (χ4n) is 3.13. The van der Waals surface area contributed by atoms with Crippen molar-refractivity contribution in [1.29, 1.82) is 0 Å². The summed E-state index contributed by atoms with van der Waals surface area (Å²) >= 11 is 0. The third kappa shape index (κ3) is 4.73. The van der Waals surface area contributed by atoms with E-state index in [1.165, 1.54) is 6.42 Å². The molecule has 0 aliphatic heterocycles. The largest absolute Gasteiger partial charge is 0.378 e. The van der Waals surface area contributed by atoms with Gasteiger partial charge in [0.15, 0.2) is 0 Å². The molecule has 0 aromatic carbocycles. The van der Waals surface area contributed by atoms with Crippen LogP contribution in [0.15, 0.2) is 0 Å². The van der Waals surface area contributed by atoms with Crippen LogP contribution in [0.5, 0.6) is 0 Å². The third-order valence-electron chi connectivity index (χ3n) is 4.43. The molecule has 1 fully saturated rings. The van der Waals surface area contributed by atoms with Crippen molar-refractivity contribution in [2.75, 3.05) is 19.7 Å². The van der Waals surface area contributed by atoms with Gasteiger partial charge in [0.1, 0.15) is 0 Å². The third-order valence-corrected chi connectivity index (χ3v) is 4.43. The van der Waals surface area contributed by atoms with Gasteiger partial charge in [0.25, 0.3) is 0 Å². The summed E-state index contributed by atoms with van der Waals surface area (Å²) in [5.41, 5.74) is 6.51. The van der Waals surface area contributed by atoms with Crippen LogP contribution in [0, 0.1) is 16.7 Å². The van der Waals surface area contributed by atoms with Crippen molar-refractivity contribution in [3.63, 3.8) is 0 Å². The maximum atomic E-state index is 5.90. The molecule has 0 heterocycles. The highest BCUT2D eigenvalue weighted by atomic mass is 16.5. The van der Waals surface area contributed by atoms with Crippen molar-refractivity contribution >= 4 is 0 Å². The van der Waals surface area contributed by atoms with Gasteiger partial charge >= 0.3 is 0 Å². The number of nitrogens with two attached hydrogens (primary N) is 1. The monoisotopic (exact) mass is 270 g/mol. The molecule has 3 atom stereocenters. The fourth-order valence-corrected chi connectivity index (χ4v) is 3.13. The van der Waals surface area contributed by atoms with Gasteiger partial charge in [0.05, 0.1) is 6.10 Å². The minimum atomic E-state index is 0.247. The van der Waals surface area contributed by atoms with E-state index in [1.807, 2.05) is 0 Å². The van der Waals surface area contributed by atoms with Gasteiger partial charge in [-0.2, -0.15) is 0 Å². The van der Waals surface area contributed by atoms with Gasteiger partial charge < -0.3 is 15.8 Å². The Kier molecular flexibility index (Phi) is 5.84. The fraction of sp³-hybridized carbons (Fsp3) is 1.00. The molecule has 0 aromatic rings. The molecule has 19 heavy (non-hydrogen) atoms. The van der Waals surface area contributed by atoms with E-state index in [1.54, 1.807) is 0 Å². The Balaban J connectivity index is 2.37. The van der Waals surface area contributed by atoms with E-state index in [0.29, 0.717) is 23.5 Å². The van der Waals surface area contributed by atoms with Gasteiger partial charge in [0.2, 0.25) is 0 Å². The van der Waals surface area contributed by atoms with Crippen molar-refractivity contribution in [3.05, 3.63) is 0 Å². The van der Waals surface area contributed by atoms with E-state index in [9.17, 15) is 0 Å².